The number of ether oxygens (including phenoxy) is 1. The van der Waals surface area contributed by atoms with Gasteiger partial charge in [0.05, 0.1) is 6.61 Å². The molecule has 0 amide bonds. The third kappa shape index (κ3) is 3.07. The molecule has 1 fully saturated rings. The third-order valence-corrected chi connectivity index (χ3v) is 3.45. The fraction of sp³-hybridized carbons (Fsp3) is 0.667. The van der Waals surface area contributed by atoms with Gasteiger partial charge < -0.3 is 9.64 Å². The zero-order valence-corrected chi connectivity index (χ0v) is 11.0. The molecular weight excluding hydrogens is 238 g/mol. The van der Waals surface area contributed by atoms with Crippen molar-refractivity contribution in [2.24, 2.45) is 11.8 Å². The van der Waals surface area contributed by atoms with Gasteiger partial charge in [-0.1, -0.05) is 18.5 Å². The van der Waals surface area contributed by atoms with E-state index in [0.717, 1.165) is 32.1 Å². The Hall–Kier alpha value is -0.870. The van der Waals surface area contributed by atoms with Gasteiger partial charge in [-0.25, -0.2) is 9.97 Å². The predicted octanol–water partition coefficient (Wildman–Crippen LogP) is 2.24. The molecule has 0 aliphatic carbocycles. The molecule has 5 heteroatoms. The van der Waals surface area contributed by atoms with E-state index >= 15 is 0 Å². The van der Waals surface area contributed by atoms with Crippen molar-refractivity contribution in [3.05, 3.63) is 17.5 Å². The smallest absolute Gasteiger partial charge is 0.134 e. The summed E-state index contributed by atoms with van der Waals surface area (Å²) in [5.74, 6) is 2.11. The van der Waals surface area contributed by atoms with Crippen LogP contribution in [-0.2, 0) is 4.74 Å². The van der Waals surface area contributed by atoms with Crippen molar-refractivity contribution in [2.45, 2.75) is 13.8 Å². The summed E-state index contributed by atoms with van der Waals surface area (Å²) in [5, 5.41) is 0.496. The molecule has 0 aromatic carbocycles. The summed E-state index contributed by atoms with van der Waals surface area (Å²) in [6.07, 6.45) is 1.51. The largest absolute Gasteiger partial charge is 0.381 e. The van der Waals surface area contributed by atoms with E-state index in [9.17, 15) is 0 Å². The molecule has 0 radical (unpaired) electrons. The summed E-state index contributed by atoms with van der Waals surface area (Å²) < 4.78 is 5.51. The zero-order chi connectivity index (χ0) is 12.3. The Morgan fingerprint density at radius 2 is 2.29 bits per heavy atom. The van der Waals surface area contributed by atoms with Crippen LogP contribution in [0.25, 0.3) is 0 Å². The molecule has 0 saturated carbocycles. The highest BCUT2D eigenvalue weighted by molar-refractivity contribution is 6.29. The topological polar surface area (TPSA) is 38.2 Å². The second-order valence-electron chi connectivity index (χ2n) is 4.50. The maximum atomic E-state index is 5.88. The van der Waals surface area contributed by atoms with Gasteiger partial charge in [-0.2, -0.15) is 0 Å². The van der Waals surface area contributed by atoms with Crippen molar-refractivity contribution in [1.82, 2.24) is 9.97 Å². The lowest BCUT2D eigenvalue weighted by Gasteiger charge is -2.17. The van der Waals surface area contributed by atoms with Gasteiger partial charge in [0, 0.05) is 31.7 Å². The summed E-state index contributed by atoms with van der Waals surface area (Å²) in [5.41, 5.74) is 0. The lowest BCUT2D eigenvalue weighted by Crippen LogP contribution is -2.22. The first kappa shape index (κ1) is 12.6. The van der Waals surface area contributed by atoms with Crippen LogP contribution in [0, 0.1) is 11.8 Å². The molecule has 1 aliphatic rings. The molecule has 0 bridgehead atoms. The number of halogens is 1. The fourth-order valence-corrected chi connectivity index (χ4v) is 2.35. The second-order valence-corrected chi connectivity index (χ2v) is 4.89. The number of rotatable bonds is 4. The Kier molecular flexibility index (Phi) is 4.18. The van der Waals surface area contributed by atoms with Gasteiger partial charge >= 0.3 is 0 Å². The normalized spacial score (nSPS) is 24.3. The maximum Gasteiger partial charge on any atom is 0.134 e. The van der Waals surface area contributed by atoms with E-state index in [0.29, 0.717) is 17.0 Å². The van der Waals surface area contributed by atoms with E-state index < -0.39 is 0 Å². The van der Waals surface area contributed by atoms with Gasteiger partial charge in [0.2, 0.25) is 0 Å². The molecule has 2 rings (SSSR count). The van der Waals surface area contributed by atoms with E-state index in [2.05, 4.69) is 21.8 Å². The molecule has 1 saturated heterocycles. The standard InChI is InChI=1S/C12H18ClN3O/c1-3-17-7-10-6-16(5-9(10)2)12-4-11(13)14-8-15-12/h4,8-10H,3,5-7H2,1-2H3/t9-,10+/m0/s1. The van der Waals surface area contributed by atoms with Gasteiger partial charge in [-0.3, -0.25) is 0 Å². The van der Waals surface area contributed by atoms with Crippen LogP contribution in [-0.4, -0.2) is 36.3 Å². The highest BCUT2D eigenvalue weighted by atomic mass is 35.5. The van der Waals surface area contributed by atoms with Crippen molar-refractivity contribution in [3.63, 3.8) is 0 Å². The SMILES string of the molecule is CCOC[C@H]1CN(c2cc(Cl)ncn2)C[C@@H]1C. The number of aromatic nitrogens is 2. The second kappa shape index (κ2) is 5.65. The van der Waals surface area contributed by atoms with Crippen molar-refractivity contribution < 1.29 is 4.74 Å². The minimum Gasteiger partial charge on any atom is -0.381 e. The van der Waals surface area contributed by atoms with Crippen LogP contribution in [0.4, 0.5) is 5.82 Å². The summed E-state index contributed by atoms with van der Waals surface area (Å²) >= 11 is 5.88. The Balaban J connectivity index is 2.00. The van der Waals surface area contributed by atoms with Gasteiger partial charge in [0.1, 0.15) is 17.3 Å². The molecule has 17 heavy (non-hydrogen) atoms. The minimum absolute atomic E-state index is 0.496. The Labute approximate surface area is 107 Å². The first-order valence-electron chi connectivity index (χ1n) is 6.01. The van der Waals surface area contributed by atoms with E-state index in [1.165, 1.54) is 6.33 Å². The zero-order valence-electron chi connectivity index (χ0n) is 10.3. The van der Waals surface area contributed by atoms with Crippen LogP contribution in [0.2, 0.25) is 5.15 Å². The number of hydrogen-bond acceptors (Lipinski definition) is 4. The molecule has 0 spiro atoms. The summed E-state index contributed by atoms with van der Waals surface area (Å²) in [7, 11) is 0. The summed E-state index contributed by atoms with van der Waals surface area (Å²) in [4.78, 5) is 10.4. The van der Waals surface area contributed by atoms with Gasteiger partial charge in [-0.05, 0) is 12.8 Å². The number of anilines is 1. The molecule has 2 atom stereocenters. The van der Waals surface area contributed by atoms with Gasteiger partial charge in [0.25, 0.3) is 0 Å². The van der Waals surface area contributed by atoms with Crippen LogP contribution < -0.4 is 4.90 Å². The molecule has 1 aromatic heterocycles. The highest BCUT2D eigenvalue weighted by Crippen LogP contribution is 2.27. The molecule has 2 heterocycles. The van der Waals surface area contributed by atoms with Crippen LogP contribution in [0.5, 0.6) is 0 Å². The minimum atomic E-state index is 0.496. The van der Waals surface area contributed by atoms with E-state index in [1.54, 1.807) is 0 Å². The quantitative estimate of drug-likeness (QED) is 0.774. The van der Waals surface area contributed by atoms with Crippen molar-refractivity contribution >= 4 is 17.4 Å². The molecular formula is C12H18ClN3O. The van der Waals surface area contributed by atoms with Crippen LogP contribution in [0.3, 0.4) is 0 Å². The molecule has 1 aromatic rings. The van der Waals surface area contributed by atoms with Crippen LogP contribution >= 0.6 is 11.6 Å². The first-order chi connectivity index (χ1) is 8.20. The van der Waals surface area contributed by atoms with E-state index in [-0.39, 0.29) is 0 Å². The lowest BCUT2D eigenvalue weighted by atomic mass is 9.99. The van der Waals surface area contributed by atoms with Gasteiger partial charge in [-0.15, -0.1) is 0 Å². The lowest BCUT2D eigenvalue weighted by molar-refractivity contribution is 0.104. The maximum absolute atomic E-state index is 5.88. The molecule has 0 N–H and O–H groups in total. The Morgan fingerprint density at radius 3 is 3.00 bits per heavy atom. The Bertz CT molecular complexity index is 375. The fourth-order valence-electron chi connectivity index (χ4n) is 2.20. The molecule has 4 nitrogen and oxygen atoms in total. The molecule has 0 unspecified atom stereocenters. The third-order valence-electron chi connectivity index (χ3n) is 3.25. The van der Waals surface area contributed by atoms with Gasteiger partial charge in [0.15, 0.2) is 0 Å². The number of nitrogens with zero attached hydrogens (tertiary/aromatic N) is 3. The van der Waals surface area contributed by atoms with Crippen molar-refractivity contribution in [2.75, 3.05) is 31.2 Å². The summed E-state index contributed by atoms with van der Waals surface area (Å²) in [6, 6.07) is 1.82. The van der Waals surface area contributed by atoms with E-state index in [4.69, 9.17) is 16.3 Å². The summed E-state index contributed by atoms with van der Waals surface area (Å²) in [6.45, 7) is 7.88. The molecule has 1 aliphatic heterocycles. The Morgan fingerprint density at radius 1 is 1.47 bits per heavy atom. The molecule has 94 valence electrons. The predicted molar refractivity (Wildman–Crippen MR) is 68.4 cm³/mol. The monoisotopic (exact) mass is 255 g/mol. The van der Waals surface area contributed by atoms with Crippen molar-refractivity contribution in [3.8, 4) is 0 Å². The average molecular weight is 256 g/mol. The number of hydrogen-bond donors (Lipinski definition) is 0. The van der Waals surface area contributed by atoms with Crippen molar-refractivity contribution in [1.29, 1.82) is 0 Å². The van der Waals surface area contributed by atoms with E-state index in [1.807, 2.05) is 13.0 Å². The first-order valence-corrected chi connectivity index (χ1v) is 6.38. The van der Waals surface area contributed by atoms with Crippen LogP contribution in [0.15, 0.2) is 12.4 Å². The highest BCUT2D eigenvalue weighted by Gasteiger charge is 2.30. The van der Waals surface area contributed by atoms with Crippen LogP contribution in [0.1, 0.15) is 13.8 Å². The average Bonchev–Trinajstić information content (AvgIpc) is 2.68.